The highest BCUT2D eigenvalue weighted by Crippen LogP contribution is 2.22. The van der Waals surface area contributed by atoms with Crippen molar-refractivity contribution in [3.63, 3.8) is 0 Å². The van der Waals surface area contributed by atoms with Crippen LogP contribution in [0.4, 0.5) is 0 Å². The van der Waals surface area contributed by atoms with Gasteiger partial charge in [0.05, 0.1) is 11.4 Å². The lowest BCUT2D eigenvalue weighted by atomic mass is 10.1. The fraction of sp³-hybridized carbons (Fsp3) is 0.769. The molecule has 1 aliphatic heterocycles. The van der Waals surface area contributed by atoms with E-state index in [1.165, 1.54) is 18.5 Å². The molecule has 2 rings (SSSR count). The summed E-state index contributed by atoms with van der Waals surface area (Å²) in [6.07, 6.45) is 3.38. The summed E-state index contributed by atoms with van der Waals surface area (Å²) in [4.78, 5) is 2.48. The van der Waals surface area contributed by atoms with Crippen LogP contribution < -0.4 is 0 Å². The van der Waals surface area contributed by atoms with E-state index < -0.39 is 0 Å². The van der Waals surface area contributed by atoms with E-state index in [9.17, 15) is 0 Å². The van der Waals surface area contributed by atoms with Crippen molar-refractivity contribution in [1.82, 2.24) is 14.7 Å². The largest absolute Gasteiger partial charge is 0.396 e. The summed E-state index contributed by atoms with van der Waals surface area (Å²) < 4.78 is 2.09. The molecule has 0 aliphatic carbocycles. The quantitative estimate of drug-likeness (QED) is 0.845. The number of hydrogen-bond donors (Lipinski definition) is 1. The molecule has 2 heterocycles. The van der Waals surface area contributed by atoms with Gasteiger partial charge in [0.15, 0.2) is 0 Å². The van der Waals surface area contributed by atoms with Crippen LogP contribution >= 0.6 is 0 Å². The van der Waals surface area contributed by atoms with E-state index in [0.29, 0.717) is 12.6 Å². The Morgan fingerprint density at radius 2 is 2.35 bits per heavy atom. The lowest BCUT2D eigenvalue weighted by molar-refractivity contribution is 0.186. The molecule has 0 bridgehead atoms. The normalized spacial score (nSPS) is 21.2. The number of likely N-dealkylation sites (tertiary alicyclic amines) is 1. The second-order valence-electron chi connectivity index (χ2n) is 4.87. The fourth-order valence-corrected chi connectivity index (χ4v) is 2.79. The fourth-order valence-electron chi connectivity index (χ4n) is 2.79. The SMILES string of the molecule is CCn1nc(C)cc1CN1CCCC1CCO. The monoisotopic (exact) mass is 237 g/mol. The molecule has 1 N–H and O–H groups in total. The van der Waals surface area contributed by atoms with Crippen molar-refractivity contribution in [2.45, 2.75) is 52.2 Å². The predicted molar refractivity (Wildman–Crippen MR) is 67.8 cm³/mol. The summed E-state index contributed by atoms with van der Waals surface area (Å²) in [7, 11) is 0. The van der Waals surface area contributed by atoms with Gasteiger partial charge in [-0.05, 0) is 45.7 Å². The summed E-state index contributed by atoms with van der Waals surface area (Å²) in [6.45, 7) is 7.53. The van der Waals surface area contributed by atoms with E-state index >= 15 is 0 Å². The van der Waals surface area contributed by atoms with E-state index in [0.717, 1.165) is 31.7 Å². The van der Waals surface area contributed by atoms with Gasteiger partial charge in [-0.2, -0.15) is 5.10 Å². The lowest BCUT2D eigenvalue weighted by Gasteiger charge is -2.23. The molecular weight excluding hydrogens is 214 g/mol. The first-order valence-electron chi connectivity index (χ1n) is 6.62. The predicted octanol–water partition coefficient (Wildman–Crippen LogP) is 1.56. The molecule has 0 spiro atoms. The van der Waals surface area contributed by atoms with Crippen molar-refractivity contribution in [2.24, 2.45) is 0 Å². The molecule has 0 aromatic carbocycles. The Labute approximate surface area is 103 Å². The van der Waals surface area contributed by atoms with Crippen LogP contribution in [0.5, 0.6) is 0 Å². The van der Waals surface area contributed by atoms with Gasteiger partial charge in [-0.25, -0.2) is 0 Å². The maximum atomic E-state index is 9.07. The molecule has 0 radical (unpaired) electrons. The molecule has 1 saturated heterocycles. The van der Waals surface area contributed by atoms with E-state index in [4.69, 9.17) is 5.11 Å². The first kappa shape index (κ1) is 12.6. The van der Waals surface area contributed by atoms with E-state index in [2.05, 4.69) is 27.7 Å². The number of aromatic nitrogens is 2. The molecule has 4 heteroatoms. The lowest BCUT2D eigenvalue weighted by Crippen LogP contribution is -2.30. The van der Waals surface area contributed by atoms with Gasteiger partial charge in [0.25, 0.3) is 0 Å². The summed E-state index contributed by atoms with van der Waals surface area (Å²) in [6, 6.07) is 2.73. The minimum atomic E-state index is 0.299. The zero-order valence-electron chi connectivity index (χ0n) is 10.9. The van der Waals surface area contributed by atoms with Gasteiger partial charge < -0.3 is 5.11 Å². The highest BCUT2D eigenvalue weighted by atomic mass is 16.3. The standard InChI is InChI=1S/C13H23N3O/c1-3-16-13(9-11(2)14-16)10-15-7-4-5-12(15)6-8-17/h9,12,17H,3-8,10H2,1-2H3. The van der Waals surface area contributed by atoms with Crippen LogP contribution in [0.2, 0.25) is 0 Å². The Bertz CT molecular complexity index is 362. The van der Waals surface area contributed by atoms with Crippen LogP contribution in [0.25, 0.3) is 0 Å². The topological polar surface area (TPSA) is 41.3 Å². The molecule has 1 unspecified atom stereocenters. The Kier molecular flexibility index (Phi) is 4.18. The Balaban J connectivity index is 2.03. The molecule has 0 saturated carbocycles. The summed E-state index contributed by atoms with van der Waals surface area (Å²) >= 11 is 0. The molecule has 1 aromatic heterocycles. The third kappa shape index (κ3) is 2.87. The van der Waals surface area contributed by atoms with Crippen LogP contribution in [0, 0.1) is 6.92 Å². The first-order chi connectivity index (χ1) is 8.24. The zero-order valence-corrected chi connectivity index (χ0v) is 10.9. The van der Waals surface area contributed by atoms with Crippen molar-refractivity contribution in [1.29, 1.82) is 0 Å². The molecule has 1 atom stereocenters. The van der Waals surface area contributed by atoms with Crippen LogP contribution in [-0.2, 0) is 13.1 Å². The highest BCUT2D eigenvalue weighted by molar-refractivity contribution is 5.09. The molecular formula is C13H23N3O. The van der Waals surface area contributed by atoms with Gasteiger partial charge in [-0.15, -0.1) is 0 Å². The molecule has 0 amide bonds. The smallest absolute Gasteiger partial charge is 0.0597 e. The van der Waals surface area contributed by atoms with Gasteiger partial charge in [0.1, 0.15) is 0 Å². The molecule has 1 aromatic rings. The third-order valence-corrected chi connectivity index (χ3v) is 3.61. The van der Waals surface area contributed by atoms with E-state index in [-0.39, 0.29) is 0 Å². The van der Waals surface area contributed by atoms with Gasteiger partial charge in [0.2, 0.25) is 0 Å². The summed E-state index contributed by atoms with van der Waals surface area (Å²) in [5.41, 5.74) is 2.40. The summed E-state index contributed by atoms with van der Waals surface area (Å²) in [5.74, 6) is 0. The molecule has 96 valence electrons. The molecule has 4 nitrogen and oxygen atoms in total. The maximum absolute atomic E-state index is 9.07. The van der Waals surface area contributed by atoms with Crippen LogP contribution in [-0.4, -0.2) is 39.0 Å². The van der Waals surface area contributed by atoms with Crippen molar-refractivity contribution in [3.05, 3.63) is 17.5 Å². The van der Waals surface area contributed by atoms with Crippen LogP contribution in [0.15, 0.2) is 6.07 Å². The van der Waals surface area contributed by atoms with Crippen LogP contribution in [0.3, 0.4) is 0 Å². The second kappa shape index (κ2) is 5.65. The first-order valence-corrected chi connectivity index (χ1v) is 6.62. The number of hydrogen-bond acceptors (Lipinski definition) is 3. The van der Waals surface area contributed by atoms with Gasteiger partial charge >= 0.3 is 0 Å². The van der Waals surface area contributed by atoms with Crippen molar-refractivity contribution >= 4 is 0 Å². The van der Waals surface area contributed by atoms with Gasteiger partial charge in [-0.1, -0.05) is 0 Å². The highest BCUT2D eigenvalue weighted by Gasteiger charge is 2.24. The molecule has 17 heavy (non-hydrogen) atoms. The maximum Gasteiger partial charge on any atom is 0.0597 e. The van der Waals surface area contributed by atoms with Crippen molar-refractivity contribution in [3.8, 4) is 0 Å². The number of aryl methyl sites for hydroxylation is 2. The molecule has 1 fully saturated rings. The average Bonchev–Trinajstić information content (AvgIpc) is 2.87. The van der Waals surface area contributed by atoms with Gasteiger partial charge in [0, 0.05) is 25.7 Å². The zero-order chi connectivity index (χ0) is 12.3. The molecule has 1 aliphatic rings. The second-order valence-corrected chi connectivity index (χ2v) is 4.87. The number of aliphatic hydroxyl groups excluding tert-OH is 1. The minimum absolute atomic E-state index is 0.299. The van der Waals surface area contributed by atoms with E-state index in [1.807, 2.05) is 6.92 Å². The van der Waals surface area contributed by atoms with Crippen molar-refractivity contribution in [2.75, 3.05) is 13.2 Å². The minimum Gasteiger partial charge on any atom is -0.396 e. The number of nitrogens with zero attached hydrogens (tertiary/aromatic N) is 3. The number of rotatable bonds is 5. The Morgan fingerprint density at radius 3 is 3.06 bits per heavy atom. The Hall–Kier alpha value is -0.870. The third-order valence-electron chi connectivity index (χ3n) is 3.61. The Morgan fingerprint density at radius 1 is 1.53 bits per heavy atom. The van der Waals surface area contributed by atoms with Crippen molar-refractivity contribution < 1.29 is 5.11 Å². The van der Waals surface area contributed by atoms with E-state index in [1.54, 1.807) is 0 Å². The number of aliphatic hydroxyl groups is 1. The van der Waals surface area contributed by atoms with Crippen LogP contribution in [0.1, 0.15) is 37.6 Å². The summed E-state index contributed by atoms with van der Waals surface area (Å²) in [5, 5.41) is 13.6. The van der Waals surface area contributed by atoms with Gasteiger partial charge in [-0.3, -0.25) is 9.58 Å². The average molecular weight is 237 g/mol.